The SMILES string of the molecule is Cc1cc(CC#N)c(CC#N)cc1C. The minimum absolute atomic E-state index is 0.387. The average molecular weight is 184 g/mol. The third-order valence-corrected chi connectivity index (χ3v) is 2.35. The maximum atomic E-state index is 8.64. The molecule has 0 bridgehead atoms. The van der Waals surface area contributed by atoms with E-state index in [1.807, 2.05) is 26.0 Å². The minimum Gasteiger partial charge on any atom is -0.198 e. The van der Waals surface area contributed by atoms with Crippen molar-refractivity contribution in [2.75, 3.05) is 0 Å². The highest BCUT2D eigenvalue weighted by Crippen LogP contribution is 2.16. The van der Waals surface area contributed by atoms with Crippen LogP contribution in [-0.4, -0.2) is 0 Å². The molecule has 1 aromatic carbocycles. The second-order valence-corrected chi connectivity index (χ2v) is 3.37. The molecule has 0 saturated carbocycles. The van der Waals surface area contributed by atoms with Gasteiger partial charge in [-0.2, -0.15) is 10.5 Å². The summed E-state index contributed by atoms with van der Waals surface area (Å²) < 4.78 is 0. The quantitative estimate of drug-likeness (QED) is 0.708. The molecule has 0 aliphatic rings. The van der Waals surface area contributed by atoms with E-state index in [0.717, 1.165) is 11.1 Å². The second-order valence-electron chi connectivity index (χ2n) is 3.37. The lowest BCUT2D eigenvalue weighted by Crippen LogP contribution is -1.95. The van der Waals surface area contributed by atoms with E-state index in [0.29, 0.717) is 12.8 Å². The van der Waals surface area contributed by atoms with Gasteiger partial charge in [0, 0.05) is 0 Å². The van der Waals surface area contributed by atoms with E-state index < -0.39 is 0 Å². The molecule has 1 rings (SSSR count). The van der Waals surface area contributed by atoms with E-state index in [2.05, 4.69) is 12.1 Å². The van der Waals surface area contributed by atoms with Crippen LogP contribution < -0.4 is 0 Å². The molecule has 14 heavy (non-hydrogen) atoms. The van der Waals surface area contributed by atoms with Crippen LogP contribution in [0.1, 0.15) is 22.3 Å². The zero-order chi connectivity index (χ0) is 10.6. The zero-order valence-corrected chi connectivity index (χ0v) is 8.46. The Morgan fingerprint density at radius 1 is 0.929 bits per heavy atom. The van der Waals surface area contributed by atoms with E-state index in [1.54, 1.807) is 0 Å². The second kappa shape index (κ2) is 4.44. The van der Waals surface area contributed by atoms with Gasteiger partial charge in [-0.05, 0) is 36.1 Å². The van der Waals surface area contributed by atoms with Gasteiger partial charge in [-0.15, -0.1) is 0 Å². The molecular weight excluding hydrogens is 172 g/mol. The van der Waals surface area contributed by atoms with Crippen LogP contribution in [0.4, 0.5) is 0 Å². The molecule has 0 spiro atoms. The number of nitrogens with zero attached hydrogens (tertiary/aromatic N) is 2. The van der Waals surface area contributed by atoms with E-state index in [1.165, 1.54) is 11.1 Å². The molecule has 0 aliphatic heterocycles. The number of benzene rings is 1. The van der Waals surface area contributed by atoms with Crippen LogP contribution >= 0.6 is 0 Å². The van der Waals surface area contributed by atoms with Crippen molar-refractivity contribution < 1.29 is 0 Å². The predicted octanol–water partition coefficient (Wildman–Crippen LogP) is 2.44. The largest absolute Gasteiger partial charge is 0.198 e. The first-order chi connectivity index (χ1) is 6.69. The summed E-state index contributed by atoms with van der Waals surface area (Å²) in [5, 5.41) is 17.3. The van der Waals surface area contributed by atoms with Crippen molar-refractivity contribution in [2.24, 2.45) is 0 Å². The Morgan fingerprint density at radius 3 is 1.57 bits per heavy atom. The van der Waals surface area contributed by atoms with Gasteiger partial charge >= 0.3 is 0 Å². The van der Waals surface area contributed by atoms with Crippen molar-refractivity contribution in [3.05, 3.63) is 34.4 Å². The lowest BCUT2D eigenvalue weighted by Gasteiger charge is -2.07. The van der Waals surface area contributed by atoms with Gasteiger partial charge in [0.15, 0.2) is 0 Å². The number of hydrogen-bond donors (Lipinski definition) is 0. The number of rotatable bonds is 2. The highest BCUT2D eigenvalue weighted by Gasteiger charge is 2.04. The van der Waals surface area contributed by atoms with Gasteiger partial charge in [0.2, 0.25) is 0 Å². The van der Waals surface area contributed by atoms with Crippen LogP contribution in [0.15, 0.2) is 12.1 Å². The summed E-state index contributed by atoms with van der Waals surface area (Å²) in [4.78, 5) is 0. The first-order valence-electron chi connectivity index (χ1n) is 4.52. The van der Waals surface area contributed by atoms with Crippen LogP contribution in [0.3, 0.4) is 0 Å². The standard InChI is InChI=1S/C12H12N2/c1-9-7-11(3-5-13)12(4-6-14)8-10(9)2/h7-8H,3-4H2,1-2H3. The minimum atomic E-state index is 0.387. The van der Waals surface area contributed by atoms with Gasteiger partial charge in [0.05, 0.1) is 25.0 Å². The monoisotopic (exact) mass is 184 g/mol. The summed E-state index contributed by atoms with van der Waals surface area (Å²) in [6.07, 6.45) is 0.774. The number of nitriles is 2. The molecule has 2 heteroatoms. The molecule has 0 saturated heterocycles. The van der Waals surface area contributed by atoms with Crippen molar-refractivity contribution in [1.82, 2.24) is 0 Å². The Morgan fingerprint density at radius 2 is 1.29 bits per heavy atom. The maximum Gasteiger partial charge on any atom is 0.0669 e. The Bertz CT molecular complexity index is 378. The van der Waals surface area contributed by atoms with Gasteiger partial charge in [-0.25, -0.2) is 0 Å². The van der Waals surface area contributed by atoms with Crippen LogP contribution in [0.5, 0.6) is 0 Å². The molecule has 0 unspecified atom stereocenters. The maximum absolute atomic E-state index is 8.64. The summed E-state index contributed by atoms with van der Waals surface area (Å²) in [6, 6.07) is 8.25. The van der Waals surface area contributed by atoms with E-state index in [9.17, 15) is 0 Å². The van der Waals surface area contributed by atoms with E-state index in [4.69, 9.17) is 10.5 Å². The Balaban J connectivity index is 3.19. The van der Waals surface area contributed by atoms with Crippen molar-refractivity contribution in [3.8, 4) is 12.1 Å². The highest BCUT2D eigenvalue weighted by atomic mass is 14.2. The molecule has 0 amide bonds. The van der Waals surface area contributed by atoms with Crippen molar-refractivity contribution in [3.63, 3.8) is 0 Å². The molecule has 0 fully saturated rings. The summed E-state index contributed by atoms with van der Waals surface area (Å²) in [5.41, 5.74) is 4.32. The van der Waals surface area contributed by atoms with Gasteiger partial charge < -0.3 is 0 Å². The summed E-state index contributed by atoms with van der Waals surface area (Å²) in [5.74, 6) is 0. The summed E-state index contributed by atoms with van der Waals surface area (Å²) >= 11 is 0. The molecule has 0 N–H and O–H groups in total. The third-order valence-electron chi connectivity index (χ3n) is 2.35. The summed E-state index contributed by atoms with van der Waals surface area (Å²) in [6.45, 7) is 4.04. The predicted molar refractivity (Wildman–Crippen MR) is 54.6 cm³/mol. The molecule has 0 aromatic heterocycles. The smallest absolute Gasteiger partial charge is 0.0669 e. The Hall–Kier alpha value is -1.80. The van der Waals surface area contributed by atoms with Crippen molar-refractivity contribution >= 4 is 0 Å². The molecule has 0 atom stereocenters. The first kappa shape index (κ1) is 10.3. The molecule has 70 valence electrons. The lowest BCUT2D eigenvalue weighted by atomic mass is 9.97. The Kier molecular flexibility index (Phi) is 3.26. The molecular formula is C12H12N2. The summed E-state index contributed by atoms with van der Waals surface area (Å²) in [7, 11) is 0. The zero-order valence-electron chi connectivity index (χ0n) is 8.46. The van der Waals surface area contributed by atoms with Gasteiger partial charge in [0.1, 0.15) is 0 Å². The fraction of sp³-hybridized carbons (Fsp3) is 0.333. The lowest BCUT2D eigenvalue weighted by molar-refractivity contribution is 1.13. The molecule has 0 heterocycles. The van der Waals surface area contributed by atoms with Crippen LogP contribution in [0.2, 0.25) is 0 Å². The number of hydrogen-bond acceptors (Lipinski definition) is 2. The average Bonchev–Trinajstić information content (AvgIpc) is 2.14. The number of aryl methyl sites for hydroxylation is 2. The van der Waals surface area contributed by atoms with Gasteiger partial charge in [-0.3, -0.25) is 0 Å². The first-order valence-corrected chi connectivity index (χ1v) is 4.52. The van der Waals surface area contributed by atoms with Crippen LogP contribution in [-0.2, 0) is 12.8 Å². The third kappa shape index (κ3) is 2.12. The highest BCUT2D eigenvalue weighted by molar-refractivity contribution is 5.39. The normalized spacial score (nSPS) is 9.14. The molecule has 1 aromatic rings. The fourth-order valence-corrected chi connectivity index (χ4v) is 1.44. The topological polar surface area (TPSA) is 47.6 Å². The van der Waals surface area contributed by atoms with Crippen LogP contribution in [0.25, 0.3) is 0 Å². The molecule has 2 nitrogen and oxygen atoms in total. The fourth-order valence-electron chi connectivity index (χ4n) is 1.44. The van der Waals surface area contributed by atoms with Crippen molar-refractivity contribution in [1.29, 1.82) is 10.5 Å². The Labute approximate surface area is 84.4 Å². The molecule has 0 radical (unpaired) electrons. The van der Waals surface area contributed by atoms with E-state index >= 15 is 0 Å². The van der Waals surface area contributed by atoms with Gasteiger partial charge in [-0.1, -0.05) is 12.1 Å². The van der Waals surface area contributed by atoms with Gasteiger partial charge in [0.25, 0.3) is 0 Å². The van der Waals surface area contributed by atoms with Crippen LogP contribution in [0, 0.1) is 36.5 Å². The molecule has 0 aliphatic carbocycles. The van der Waals surface area contributed by atoms with Crippen molar-refractivity contribution in [2.45, 2.75) is 26.7 Å². The van der Waals surface area contributed by atoms with E-state index in [-0.39, 0.29) is 0 Å².